The van der Waals surface area contributed by atoms with Crippen LogP contribution in [0.1, 0.15) is 51.5 Å². The molecule has 7 heteroatoms. The highest BCUT2D eigenvalue weighted by Gasteiger charge is 2.23. The van der Waals surface area contributed by atoms with Gasteiger partial charge in [0.25, 0.3) is 0 Å². The lowest BCUT2D eigenvalue weighted by Crippen LogP contribution is -2.26. The molecule has 3 aromatic carbocycles. The van der Waals surface area contributed by atoms with Gasteiger partial charge in [0.15, 0.2) is 23.2 Å². The molecule has 0 saturated carbocycles. The molecule has 2 unspecified atom stereocenters. The third-order valence-electron chi connectivity index (χ3n) is 6.98. The highest BCUT2D eigenvalue weighted by molar-refractivity contribution is 5.72. The highest BCUT2D eigenvalue weighted by Crippen LogP contribution is 2.36. The lowest BCUT2D eigenvalue weighted by Gasteiger charge is -2.29. The maximum Gasteiger partial charge on any atom is 0.201 e. The number of hydrogen-bond donors (Lipinski definition) is 0. The van der Waals surface area contributed by atoms with Crippen LogP contribution in [-0.2, 0) is 11.2 Å². The fourth-order valence-corrected chi connectivity index (χ4v) is 4.95. The van der Waals surface area contributed by atoms with E-state index in [0.717, 1.165) is 44.4 Å². The maximum absolute atomic E-state index is 15.0. The Labute approximate surface area is 214 Å². The van der Waals surface area contributed by atoms with Crippen molar-refractivity contribution >= 4 is 0 Å². The van der Waals surface area contributed by atoms with Crippen LogP contribution in [0.2, 0.25) is 0 Å². The first-order valence-corrected chi connectivity index (χ1v) is 12.8. The monoisotopic (exact) mass is 518 g/mol. The van der Waals surface area contributed by atoms with E-state index in [1.54, 1.807) is 13.0 Å². The molecular formula is C30H31F5O2. The summed E-state index contributed by atoms with van der Waals surface area (Å²) in [6.07, 6.45) is 5.64. The van der Waals surface area contributed by atoms with Crippen LogP contribution in [-0.4, -0.2) is 19.3 Å². The molecule has 1 heterocycles. The molecule has 2 nitrogen and oxygen atoms in total. The zero-order valence-electron chi connectivity index (χ0n) is 21.1. The van der Waals surface area contributed by atoms with Gasteiger partial charge in [-0.3, -0.25) is 0 Å². The molecule has 0 amide bonds. The normalized spacial score (nSPS) is 17.7. The third kappa shape index (κ3) is 5.98. The summed E-state index contributed by atoms with van der Waals surface area (Å²) in [6.45, 7) is 4.64. The zero-order valence-corrected chi connectivity index (χ0v) is 21.1. The Kier molecular flexibility index (Phi) is 8.85. The van der Waals surface area contributed by atoms with Gasteiger partial charge in [0.1, 0.15) is 5.82 Å². The van der Waals surface area contributed by atoms with Gasteiger partial charge >= 0.3 is 0 Å². The van der Waals surface area contributed by atoms with Crippen LogP contribution in [0.4, 0.5) is 22.0 Å². The molecule has 2 atom stereocenters. The minimum absolute atomic E-state index is 0.0964. The van der Waals surface area contributed by atoms with E-state index in [4.69, 9.17) is 9.47 Å². The van der Waals surface area contributed by atoms with E-state index in [9.17, 15) is 17.6 Å². The SMILES string of the molecule is CCCC1CCC(CCc2ccc(-c3ccc(-c4ccc(OCC)c(F)c4F)c(F)c3F)cc2F)OC1. The Morgan fingerprint density at radius 2 is 1.46 bits per heavy atom. The van der Waals surface area contributed by atoms with Gasteiger partial charge in [-0.2, -0.15) is 4.39 Å². The highest BCUT2D eigenvalue weighted by atomic mass is 19.2. The van der Waals surface area contributed by atoms with E-state index in [1.807, 2.05) is 0 Å². The molecule has 198 valence electrons. The third-order valence-corrected chi connectivity index (χ3v) is 6.98. The number of rotatable bonds is 9. The fourth-order valence-electron chi connectivity index (χ4n) is 4.95. The van der Waals surface area contributed by atoms with E-state index >= 15 is 4.39 Å². The van der Waals surface area contributed by atoms with E-state index in [1.165, 1.54) is 24.3 Å². The molecular weight excluding hydrogens is 487 g/mol. The quantitative estimate of drug-likeness (QED) is 0.264. The van der Waals surface area contributed by atoms with Crippen LogP contribution < -0.4 is 4.74 Å². The molecule has 3 aromatic rings. The van der Waals surface area contributed by atoms with E-state index in [-0.39, 0.29) is 29.6 Å². The molecule has 1 saturated heterocycles. The first kappa shape index (κ1) is 27.1. The molecule has 0 aliphatic carbocycles. The summed E-state index contributed by atoms with van der Waals surface area (Å²) >= 11 is 0. The second-order valence-corrected chi connectivity index (χ2v) is 9.49. The van der Waals surface area contributed by atoms with E-state index < -0.39 is 40.2 Å². The van der Waals surface area contributed by atoms with Crippen molar-refractivity contribution in [3.05, 3.63) is 77.1 Å². The van der Waals surface area contributed by atoms with Gasteiger partial charge in [-0.05, 0) is 74.3 Å². The maximum atomic E-state index is 15.0. The number of aryl methyl sites for hydroxylation is 1. The van der Waals surface area contributed by atoms with E-state index in [0.29, 0.717) is 24.3 Å². The van der Waals surface area contributed by atoms with Gasteiger partial charge in [0.2, 0.25) is 5.82 Å². The Hall–Kier alpha value is -2.93. The summed E-state index contributed by atoms with van der Waals surface area (Å²) in [5, 5.41) is 0. The molecule has 1 aliphatic heterocycles. The van der Waals surface area contributed by atoms with Crippen molar-refractivity contribution in [3.63, 3.8) is 0 Å². The number of ether oxygens (including phenoxy) is 2. The number of benzene rings is 3. The Bertz CT molecular complexity index is 1240. The van der Waals surface area contributed by atoms with Crippen molar-refractivity contribution in [1.82, 2.24) is 0 Å². The Morgan fingerprint density at radius 3 is 2.11 bits per heavy atom. The Morgan fingerprint density at radius 1 is 0.784 bits per heavy atom. The lowest BCUT2D eigenvalue weighted by atomic mass is 9.92. The summed E-state index contributed by atoms with van der Waals surface area (Å²) in [4.78, 5) is 0. The summed E-state index contributed by atoms with van der Waals surface area (Å²) in [7, 11) is 0. The molecule has 1 fully saturated rings. The van der Waals surface area contributed by atoms with Crippen LogP contribution in [0.3, 0.4) is 0 Å². The molecule has 37 heavy (non-hydrogen) atoms. The first-order chi connectivity index (χ1) is 17.8. The summed E-state index contributed by atoms with van der Waals surface area (Å²) in [5.41, 5.74) is -0.412. The smallest absolute Gasteiger partial charge is 0.201 e. The predicted octanol–water partition coefficient (Wildman–Crippen LogP) is 8.64. The van der Waals surface area contributed by atoms with Crippen molar-refractivity contribution in [3.8, 4) is 28.0 Å². The lowest BCUT2D eigenvalue weighted by molar-refractivity contribution is -0.0216. The van der Waals surface area contributed by atoms with Gasteiger partial charge in [-0.1, -0.05) is 37.6 Å². The second kappa shape index (κ2) is 12.1. The van der Waals surface area contributed by atoms with Crippen LogP contribution >= 0.6 is 0 Å². The molecule has 0 radical (unpaired) electrons. The van der Waals surface area contributed by atoms with Crippen LogP contribution in [0, 0.1) is 35.0 Å². The van der Waals surface area contributed by atoms with Crippen LogP contribution in [0.25, 0.3) is 22.3 Å². The van der Waals surface area contributed by atoms with Crippen LogP contribution in [0.5, 0.6) is 5.75 Å². The largest absolute Gasteiger partial charge is 0.491 e. The molecule has 0 spiro atoms. The molecule has 0 bridgehead atoms. The number of hydrogen-bond acceptors (Lipinski definition) is 2. The summed E-state index contributed by atoms with van der Waals surface area (Å²) in [5.74, 6) is -5.46. The van der Waals surface area contributed by atoms with Gasteiger partial charge < -0.3 is 9.47 Å². The van der Waals surface area contributed by atoms with Crippen molar-refractivity contribution in [2.24, 2.45) is 5.92 Å². The average Bonchev–Trinajstić information content (AvgIpc) is 2.89. The molecule has 0 N–H and O–H groups in total. The molecule has 0 aromatic heterocycles. The number of halogens is 5. The standard InChI is InChI=1S/C30H31F5O2/c1-3-5-18-6-10-21(37-17-18)11-9-19-7-8-20(16-25(19)31)22-12-13-23(28(33)27(22)32)24-14-15-26(36-4-2)30(35)29(24)34/h7-8,12-16,18,21H,3-6,9-11,17H2,1-2H3. The second-order valence-electron chi connectivity index (χ2n) is 9.49. The average molecular weight is 519 g/mol. The van der Waals surface area contributed by atoms with Gasteiger partial charge in [0, 0.05) is 23.3 Å². The van der Waals surface area contributed by atoms with Crippen molar-refractivity contribution < 1.29 is 31.4 Å². The van der Waals surface area contributed by atoms with Gasteiger partial charge in [-0.15, -0.1) is 0 Å². The predicted molar refractivity (Wildman–Crippen MR) is 134 cm³/mol. The minimum Gasteiger partial charge on any atom is -0.491 e. The van der Waals surface area contributed by atoms with Gasteiger partial charge in [-0.25, -0.2) is 17.6 Å². The Balaban J connectivity index is 1.50. The van der Waals surface area contributed by atoms with Crippen LogP contribution in [0.15, 0.2) is 42.5 Å². The zero-order chi connectivity index (χ0) is 26.5. The molecule has 4 rings (SSSR count). The van der Waals surface area contributed by atoms with Crippen molar-refractivity contribution in [2.75, 3.05) is 13.2 Å². The van der Waals surface area contributed by atoms with Crippen molar-refractivity contribution in [1.29, 1.82) is 0 Å². The molecule has 1 aliphatic rings. The van der Waals surface area contributed by atoms with E-state index in [2.05, 4.69) is 6.92 Å². The van der Waals surface area contributed by atoms with Gasteiger partial charge in [0.05, 0.1) is 12.7 Å². The van der Waals surface area contributed by atoms with Crippen molar-refractivity contribution in [2.45, 2.75) is 58.5 Å². The summed E-state index contributed by atoms with van der Waals surface area (Å²) < 4.78 is 84.6. The topological polar surface area (TPSA) is 18.5 Å². The first-order valence-electron chi connectivity index (χ1n) is 12.8. The fraction of sp³-hybridized carbons (Fsp3) is 0.400. The summed E-state index contributed by atoms with van der Waals surface area (Å²) in [6, 6.07) is 8.96. The minimum atomic E-state index is -1.35.